The third kappa shape index (κ3) is 1.77. The van der Waals surface area contributed by atoms with Gasteiger partial charge in [0.1, 0.15) is 23.2 Å². The van der Waals surface area contributed by atoms with Crippen LogP contribution in [-0.2, 0) is 0 Å². The highest BCUT2D eigenvalue weighted by atomic mass is 19.1. The van der Waals surface area contributed by atoms with Crippen LogP contribution in [0.15, 0.2) is 17.1 Å². The lowest BCUT2D eigenvalue weighted by Gasteiger charge is -2.11. The Bertz CT molecular complexity index is 800. The molecule has 5 nitrogen and oxygen atoms in total. The van der Waals surface area contributed by atoms with Crippen LogP contribution in [0.4, 0.5) is 8.78 Å². The van der Waals surface area contributed by atoms with Crippen molar-refractivity contribution in [3.05, 3.63) is 39.6 Å². The van der Waals surface area contributed by atoms with E-state index in [0.29, 0.717) is 0 Å². The van der Waals surface area contributed by atoms with Crippen molar-refractivity contribution in [2.45, 2.75) is 25.6 Å². The molecule has 0 saturated heterocycles. The fraction of sp³-hybridized carbons (Fsp3) is 0.308. The second kappa shape index (κ2) is 4.09. The summed E-state index contributed by atoms with van der Waals surface area (Å²) in [6.45, 7) is 1.43. The first-order valence-corrected chi connectivity index (χ1v) is 5.99. The second-order valence-corrected chi connectivity index (χ2v) is 4.83. The topological polar surface area (TPSA) is 72.2 Å². The number of aromatic nitrogens is 2. The van der Waals surface area contributed by atoms with Gasteiger partial charge in [0.05, 0.1) is 17.1 Å². The number of pyridine rings is 2. The normalized spacial score (nSPS) is 21.1. The summed E-state index contributed by atoms with van der Waals surface area (Å²) in [6.07, 6.45) is 0.214. The molecule has 0 spiro atoms. The maximum atomic E-state index is 13.6. The van der Waals surface area contributed by atoms with E-state index in [1.807, 2.05) is 0 Å². The highest BCUT2D eigenvalue weighted by Gasteiger charge is 2.40. The molecule has 2 aromatic heterocycles. The summed E-state index contributed by atoms with van der Waals surface area (Å²) in [6, 6.07) is 0.409. The summed E-state index contributed by atoms with van der Waals surface area (Å²) in [5.41, 5.74) is -1.14. The number of rotatable bonds is 2. The summed E-state index contributed by atoms with van der Waals surface area (Å²) in [5, 5.41) is 8.87. The quantitative estimate of drug-likeness (QED) is 0.910. The Kier molecular flexibility index (Phi) is 2.60. The number of hydrogen-bond acceptors (Lipinski definition) is 3. The third-order valence-corrected chi connectivity index (χ3v) is 3.40. The van der Waals surface area contributed by atoms with Gasteiger partial charge in [-0.15, -0.1) is 0 Å². The number of alkyl halides is 1. The Hall–Kier alpha value is -2.31. The molecule has 1 fully saturated rings. The molecule has 2 heterocycles. The lowest BCUT2D eigenvalue weighted by Crippen LogP contribution is -2.20. The minimum atomic E-state index is -1.43. The molecule has 0 aromatic carbocycles. The summed E-state index contributed by atoms with van der Waals surface area (Å²) < 4.78 is 28.1. The fourth-order valence-corrected chi connectivity index (χ4v) is 2.18. The van der Waals surface area contributed by atoms with Crippen LogP contribution >= 0.6 is 0 Å². The standard InChI is InChI=1S/C13H10F2N2O3/c1-5-8(14)2-6-11(18)7(13(19)20)4-17(12(6)16-5)10-3-9(10)15/h2,4,9-10H,3H2,1H3,(H,19,20)/t9-,10+/m0/s1. The van der Waals surface area contributed by atoms with Crippen molar-refractivity contribution >= 4 is 17.0 Å². The Morgan fingerprint density at radius 2 is 2.20 bits per heavy atom. The van der Waals surface area contributed by atoms with Crippen molar-refractivity contribution < 1.29 is 18.7 Å². The molecular formula is C13H10F2N2O3. The fourth-order valence-electron chi connectivity index (χ4n) is 2.18. The zero-order chi connectivity index (χ0) is 14.6. The minimum Gasteiger partial charge on any atom is -0.477 e. The van der Waals surface area contributed by atoms with Gasteiger partial charge in [-0.05, 0) is 13.0 Å². The number of nitrogens with zero attached hydrogens (tertiary/aromatic N) is 2. The van der Waals surface area contributed by atoms with E-state index in [4.69, 9.17) is 5.11 Å². The average molecular weight is 280 g/mol. The van der Waals surface area contributed by atoms with Gasteiger partial charge in [0.25, 0.3) is 0 Å². The molecule has 0 amide bonds. The first-order chi connectivity index (χ1) is 9.40. The summed E-state index contributed by atoms with van der Waals surface area (Å²) in [7, 11) is 0. The van der Waals surface area contributed by atoms with E-state index in [0.717, 1.165) is 12.3 Å². The van der Waals surface area contributed by atoms with Crippen LogP contribution in [0.1, 0.15) is 28.5 Å². The number of carboxylic acids is 1. The molecule has 0 radical (unpaired) electrons. The molecule has 1 aliphatic rings. The maximum Gasteiger partial charge on any atom is 0.341 e. The van der Waals surface area contributed by atoms with Gasteiger partial charge in [-0.25, -0.2) is 18.6 Å². The summed E-state index contributed by atoms with van der Waals surface area (Å²) in [4.78, 5) is 27.0. The van der Waals surface area contributed by atoms with E-state index in [2.05, 4.69) is 4.98 Å². The Morgan fingerprint density at radius 3 is 2.75 bits per heavy atom. The van der Waals surface area contributed by atoms with E-state index in [-0.39, 0.29) is 23.1 Å². The Balaban J connectivity index is 2.41. The largest absolute Gasteiger partial charge is 0.477 e. The van der Waals surface area contributed by atoms with Crippen LogP contribution < -0.4 is 5.43 Å². The maximum absolute atomic E-state index is 13.6. The molecule has 0 unspecified atom stereocenters. The van der Waals surface area contributed by atoms with Gasteiger partial charge in [-0.3, -0.25) is 4.79 Å². The highest BCUT2D eigenvalue weighted by molar-refractivity contribution is 5.91. The van der Waals surface area contributed by atoms with Gasteiger partial charge >= 0.3 is 5.97 Å². The molecule has 1 N–H and O–H groups in total. The summed E-state index contributed by atoms with van der Waals surface area (Å²) >= 11 is 0. The van der Waals surface area contributed by atoms with E-state index < -0.39 is 35.0 Å². The van der Waals surface area contributed by atoms with E-state index in [9.17, 15) is 18.4 Å². The van der Waals surface area contributed by atoms with E-state index in [1.54, 1.807) is 0 Å². The molecular weight excluding hydrogens is 270 g/mol. The zero-order valence-corrected chi connectivity index (χ0v) is 10.4. The molecule has 2 aromatic rings. The Labute approximate surface area is 111 Å². The Morgan fingerprint density at radius 1 is 1.55 bits per heavy atom. The number of aromatic carboxylic acids is 1. The number of carbonyl (C=O) groups is 1. The molecule has 1 aliphatic carbocycles. The van der Waals surface area contributed by atoms with Gasteiger partial charge in [-0.1, -0.05) is 0 Å². The minimum absolute atomic E-state index is 0.0739. The first kappa shape index (κ1) is 12.7. The van der Waals surface area contributed by atoms with E-state index in [1.165, 1.54) is 11.5 Å². The smallest absolute Gasteiger partial charge is 0.341 e. The van der Waals surface area contributed by atoms with Crippen LogP contribution in [0.5, 0.6) is 0 Å². The summed E-state index contributed by atoms with van der Waals surface area (Å²) in [5.74, 6) is -2.13. The van der Waals surface area contributed by atoms with Crippen molar-refractivity contribution in [2.24, 2.45) is 0 Å². The number of hydrogen-bond donors (Lipinski definition) is 1. The second-order valence-electron chi connectivity index (χ2n) is 4.83. The van der Waals surface area contributed by atoms with Crippen LogP contribution in [0.25, 0.3) is 11.0 Å². The first-order valence-electron chi connectivity index (χ1n) is 5.99. The van der Waals surface area contributed by atoms with E-state index >= 15 is 0 Å². The highest BCUT2D eigenvalue weighted by Crippen LogP contribution is 2.40. The number of fused-ring (bicyclic) bond motifs is 1. The molecule has 1 saturated carbocycles. The average Bonchev–Trinajstić information content (AvgIpc) is 3.09. The van der Waals surface area contributed by atoms with Gasteiger partial charge in [-0.2, -0.15) is 0 Å². The van der Waals surface area contributed by atoms with Crippen molar-refractivity contribution in [2.75, 3.05) is 0 Å². The molecule has 2 atom stereocenters. The predicted octanol–water partition coefficient (Wildman–Crippen LogP) is 1.83. The third-order valence-electron chi connectivity index (χ3n) is 3.40. The van der Waals surface area contributed by atoms with Crippen LogP contribution in [0, 0.1) is 12.7 Å². The predicted molar refractivity (Wildman–Crippen MR) is 66.2 cm³/mol. The van der Waals surface area contributed by atoms with Crippen molar-refractivity contribution in [3.63, 3.8) is 0 Å². The van der Waals surface area contributed by atoms with Crippen molar-refractivity contribution in [1.82, 2.24) is 9.55 Å². The molecule has 0 aliphatic heterocycles. The van der Waals surface area contributed by atoms with Gasteiger partial charge < -0.3 is 9.67 Å². The van der Waals surface area contributed by atoms with Crippen molar-refractivity contribution in [1.29, 1.82) is 0 Å². The molecule has 7 heteroatoms. The lowest BCUT2D eigenvalue weighted by molar-refractivity contribution is 0.0694. The zero-order valence-electron chi connectivity index (χ0n) is 10.4. The van der Waals surface area contributed by atoms with Gasteiger partial charge in [0, 0.05) is 12.6 Å². The number of carboxylic acid groups (broad SMARTS) is 1. The van der Waals surface area contributed by atoms with Crippen LogP contribution in [-0.4, -0.2) is 26.8 Å². The number of halogens is 2. The van der Waals surface area contributed by atoms with Gasteiger partial charge in [0.15, 0.2) is 0 Å². The lowest BCUT2D eigenvalue weighted by atomic mass is 10.1. The van der Waals surface area contributed by atoms with Crippen molar-refractivity contribution in [3.8, 4) is 0 Å². The van der Waals surface area contributed by atoms with Gasteiger partial charge in [0.2, 0.25) is 5.43 Å². The molecule has 0 bridgehead atoms. The number of aryl methyl sites for hydroxylation is 1. The van der Waals surface area contributed by atoms with Crippen LogP contribution in [0.2, 0.25) is 0 Å². The molecule has 20 heavy (non-hydrogen) atoms. The molecule has 104 valence electrons. The monoisotopic (exact) mass is 280 g/mol. The van der Waals surface area contributed by atoms with Crippen LogP contribution in [0.3, 0.4) is 0 Å². The SMILES string of the molecule is Cc1nc2c(cc1F)c(=O)c(C(=O)O)cn2[C@@H]1C[C@@H]1F. The molecule has 3 rings (SSSR count).